The fourth-order valence-electron chi connectivity index (χ4n) is 5.00. The molecular formula is C25H29N3O5. The van der Waals surface area contributed by atoms with E-state index in [1.165, 1.54) is 6.26 Å². The second-order valence-electron chi connectivity index (χ2n) is 8.95. The molecule has 8 nitrogen and oxygen atoms in total. The van der Waals surface area contributed by atoms with Gasteiger partial charge in [0.25, 0.3) is 11.8 Å². The van der Waals surface area contributed by atoms with Crippen molar-refractivity contribution in [1.82, 2.24) is 9.80 Å². The minimum atomic E-state index is -0.692. The molecule has 1 atom stereocenters. The van der Waals surface area contributed by atoms with Gasteiger partial charge in [-0.2, -0.15) is 0 Å². The van der Waals surface area contributed by atoms with Crippen LogP contribution in [0.15, 0.2) is 47.1 Å². The zero-order valence-corrected chi connectivity index (χ0v) is 18.7. The predicted molar refractivity (Wildman–Crippen MR) is 121 cm³/mol. The van der Waals surface area contributed by atoms with E-state index in [1.807, 2.05) is 29.2 Å². The second-order valence-corrected chi connectivity index (χ2v) is 8.95. The number of likely N-dealkylation sites (tertiary alicyclic amines) is 2. The van der Waals surface area contributed by atoms with Crippen LogP contribution in [-0.4, -0.2) is 66.3 Å². The fraction of sp³-hybridized carbons (Fsp3) is 0.480. The Morgan fingerprint density at radius 3 is 2.30 bits per heavy atom. The number of amides is 3. The Morgan fingerprint density at radius 2 is 1.58 bits per heavy atom. The Labute approximate surface area is 193 Å². The molecule has 0 spiro atoms. The van der Waals surface area contributed by atoms with Crippen LogP contribution in [0.25, 0.3) is 0 Å². The SMILES string of the molecule is O=C(c1ccco1)N1CCC(C(=O)N2CC(C(=O)N3CCCCC3)Oc3ccccc32)CC1. The van der Waals surface area contributed by atoms with Crippen LogP contribution < -0.4 is 9.64 Å². The van der Waals surface area contributed by atoms with Gasteiger partial charge in [0.2, 0.25) is 5.91 Å². The molecule has 0 saturated carbocycles. The van der Waals surface area contributed by atoms with Crippen molar-refractivity contribution in [3.63, 3.8) is 0 Å². The Hall–Kier alpha value is -3.29. The number of fused-ring (bicyclic) bond motifs is 1. The lowest BCUT2D eigenvalue weighted by Gasteiger charge is -2.39. The lowest BCUT2D eigenvalue weighted by Crippen LogP contribution is -2.54. The fourth-order valence-corrected chi connectivity index (χ4v) is 5.00. The van der Waals surface area contributed by atoms with Gasteiger partial charge in [0.15, 0.2) is 11.9 Å². The van der Waals surface area contributed by atoms with Crippen molar-refractivity contribution < 1.29 is 23.5 Å². The Balaban J connectivity index is 1.28. The number of carbonyl (C=O) groups excluding carboxylic acids is 3. The predicted octanol–water partition coefficient (Wildman–Crippen LogP) is 2.94. The summed E-state index contributed by atoms with van der Waals surface area (Å²) in [6.07, 6.45) is 5.11. The first-order valence-electron chi connectivity index (χ1n) is 11.8. The number of anilines is 1. The minimum absolute atomic E-state index is 0.00714. The van der Waals surface area contributed by atoms with Crippen LogP contribution >= 0.6 is 0 Å². The number of furan rings is 1. The molecule has 0 bridgehead atoms. The van der Waals surface area contributed by atoms with Crippen molar-refractivity contribution in [2.45, 2.75) is 38.2 Å². The van der Waals surface area contributed by atoms with E-state index in [2.05, 4.69) is 0 Å². The summed E-state index contributed by atoms with van der Waals surface area (Å²) in [7, 11) is 0. The number of carbonyl (C=O) groups is 3. The number of rotatable bonds is 3. The van der Waals surface area contributed by atoms with Crippen molar-refractivity contribution in [3.8, 4) is 5.75 Å². The second kappa shape index (κ2) is 9.29. The topological polar surface area (TPSA) is 83.3 Å². The van der Waals surface area contributed by atoms with Crippen LogP contribution in [0.5, 0.6) is 5.75 Å². The van der Waals surface area contributed by atoms with Crippen LogP contribution in [0, 0.1) is 5.92 Å². The third-order valence-corrected chi connectivity index (χ3v) is 6.85. The maximum atomic E-state index is 13.6. The van der Waals surface area contributed by atoms with Crippen molar-refractivity contribution in [2.24, 2.45) is 5.92 Å². The molecule has 3 aliphatic rings. The summed E-state index contributed by atoms with van der Waals surface area (Å²) >= 11 is 0. The van der Waals surface area contributed by atoms with Crippen LogP contribution in [0.3, 0.4) is 0 Å². The van der Waals surface area contributed by atoms with Crippen molar-refractivity contribution in [1.29, 1.82) is 0 Å². The average Bonchev–Trinajstić information content (AvgIpc) is 3.42. The van der Waals surface area contributed by atoms with Gasteiger partial charge in [-0.3, -0.25) is 14.4 Å². The molecule has 174 valence electrons. The van der Waals surface area contributed by atoms with E-state index in [0.29, 0.717) is 43.1 Å². The summed E-state index contributed by atoms with van der Waals surface area (Å²) in [6.45, 7) is 2.71. The molecular weight excluding hydrogens is 422 g/mol. The van der Waals surface area contributed by atoms with Gasteiger partial charge in [-0.1, -0.05) is 12.1 Å². The zero-order chi connectivity index (χ0) is 22.8. The molecule has 8 heteroatoms. The summed E-state index contributed by atoms with van der Waals surface area (Å²) in [5.74, 6) is 0.490. The molecule has 2 saturated heterocycles. The van der Waals surface area contributed by atoms with Crippen molar-refractivity contribution >= 4 is 23.4 Å². The number of hydrogen-bond donors (Lipinski definition) is 0. The van der Waals surface area contributed by atoms with Gasteiger partial charge in [0.05, 0.1) is 18.5 Å². The first-order chi connectivity index (χ1) is 16.1. The smallest absolute Gasteiger partial charge is 0.289 e. The van der Waals surface area contributed by atoms with Gasteiger partial charge in [0, 0.05) is 32.1 Å². The molecule has 5 rings (SSSR count). The quantitative estimate of drug-likeness (QED) is 0.717. The normalized spacial score (nSPS) is 21.3. The molecule has 4 heterocycles. The average molecular weight is 452 g/mol. The number of ether oxygens (including phenoxy) is 1. The van der Waals surface area contributed by atoms with Gasteiger partial charge in [-0.25, -0.2) is 0 Å². The lowest BCUT2D eigenvalue weighted by atomic mass is 9.94. The maximum Gasteiger partial charge on any atom is 0.289 e. The Bertz CT molecular complexity index is 1010. The monoisotopic (exact) mass is 451 g/mol. The Kier molecular flexibility index (Phi) is 6.07. The summed E-state index contributed by atoms with van der Waals surface area (Å²) in [4.78, 5) is 44.6. The van der Waals surface area contributed by atoms with E-state index in [0.717, 1.165) is 32.4 Å². The largest absolute Gasteiger partial charge is 0.476 e. The molecule has 1 aromatic carbocycles. The van der Waals surface area contributed by atoms with Gasteiger partial charge in [-0.15, -0.1) is 0 Å². The van der Waals surface area contributed by atoms with Crippen LogP contribution in [0.2, 0.25) is 0 Å². The number of para-hydroxylation sites is 2. The van der Waals surface area contributed by atoms with Gasteiger partial charge in [-0.05, 0) is 56.4 Å². The first-order valence-corrected chi connectivity index (χ1v) is 11.8. The molecule has 2 fully saturated rings. The summed E-state index contributed by atoms with van der Waals surface area (Å²) in [6, 6.07) is 10.8. The van der Waals surface area contributed by atoms with Gasteiger partial charge < -0.3 is 23.9 Å². The highest BCUT2D eigenvalue weighted by Gasteiger charge is 2.39. The molecule has 3 amide bonds. The van der Waals surface area contributed by atoms with Crippen LogP contribution in [0.4, 0.5) is 5.69 Å². The summed E-state index contributed by atoms with van der Waals surface area (Å²) < 4.78 is 11.3. The van der Waals surface area contributed by atoms with E-state index in [1.54, 1.807) is 21.9 Å². The van der Waals surface area contributed by atoms with Gasteiger partial charge in [0.1, 0.15) is 5.75 Å². The highest BCUT2D eigenvalue weighted by molar-refractivity contribution is 5.99. The van der Waals surface area contributed by atoms with E-state index in [9.17, 15) is 14.4 Å². The number of benzene rings is 1. The molecule has 2 aromatic rings. The number of piperidine rings is 2. The molecule has 0 N–H and O–H groups in total. The molecule has 1 unspecified atom stereocenters. The standard InChI is InChI=1S/C25H29N3O5/c29-23(18-10-14-27(15-11-18)24(30)21-9-6-16-32-21)28-17-22(25(31)26-12-4-1-5-13-26)33-20-8-3-2-7-19(20)28/h2-3,6-9,16,18,22H,1,4-5,10-15,17H2. The van der Waals surface area contributed by atoms with Crippen LogP contribution in [0.1, 0.15) is 42.7 Å². The highest BCUT2D eigenvalue weighted by Crippen LogP contribution is 2.36. The van der Waals surface area contributed by atoms with Crippen molar-refractivity contribution in [2.75, 3.05) is 37.6 Å². The maximum absolute atomic E-state index is 13.6. The van der Waals surface area contributed by atoms with Crippen molar-refractivity contribution in [3.05, 3.63) is 48.4 Å². The van der Waals surface area contributed by atoms with E-state index in [-0.39, 0.29) is 30.2 Å². The van der Waals surface area contributed by atoms with Crippen LogP contribution in [-0.2, 0) is 9.59 Å². The van der Waals surface area contributed by atoms with E-state index in [4.69, 9.17) is 9.15 Å². The third kappa shape index (κ3) is 4.34. The summed E-state index contributed by atoms with van der Waals surface area (Å²) in [5.41, 5.74) is 0.708. The zero-order valence-electron chi connectivity index (χ0n) is 18.7. The minimum Gasteiger partial charge on any atom is -0.476 e. The third-order valence-electron chi connectivity index (χ3n) is 6.85. The molecule has 33 heavy (non-hydrogen) atoms. The van der Waals surface area contributed by atoms with Gasteiger partial charge >= 0.3 is 0 Å². The number of hydrogen-bond acceptors (Lipinski definition) is 5. The molecule has 1 aromatic heterocycles. The summed E-state index contributed by atoms with van der Waals surface area (Å²) in [5, 5.41) is 0. The molecule has 0 aliphatic carbocycles. The Morgan fingerprint density at radius 1 is 0.818 bits per heavy atom. The molecule has 0 radical (unpaired) electrons. The lowest BCUT2D eigenvalue weighted by molar-refractivity contribution is -0.139. The van der Waals surface area contributed by atoms with E-state index >= 15 is 0 Å². The first kappa shape index (κ1) is 21.6. The highest BCUT2D eigenvalue weighted by atomic mass is 16.5. The number of nitrogens with zero attached hydrogens (tertiary/aromatic N) is 3. The van der Waals surface area contributed by atoms with E-state index < -0.39 is 6.10 Å². The molecule has 3 aliphatic heterocycles.